The van der Waals surface area contributed by atoms with Crippen molar-refractivity contribution in [2.75, 3.05) is 7.05 Å². The summed E-state index contributed by atoms with van der Waals surface area (Å²) in [6, 6.07) is 14.8. The van der Waals surface area contributed by atoms with Crippen LogP contribution in [0.1, 0.15) is 30.3 Å². The molecule has 0 unspecified atom stereocenters. The lowest BCUT2D eigenvalue weighted by molar-refractivity contribution is -0.384. The van der Waals surface area contributed by atoms with Crippen LogP contribution < -0.4 is 0 Å². The first-order valence-corrected chi connectivity index (χ1v) is 8.29. The third-order valence-corrected chi connectivity index (χ3v) is 4.79. The number of morpholine rings is 1. The average Bonchev–Trinajstić information content (AvgIpc) is 2.66. The lowest BCUT2D eigenvalue weighted by Gasteiger charge is -2.42. The zero-order valence-corrected chi connectivity index (χ0v) is 14.5. The van der Waals surface area contributed by atoms with Gasteiger partial charge >= 0.3 is 0 Å². The van der Waals surface area contributed by atoms with Gasteiger partial charge in [-0.15, -0.1) is 0 Å². The van der Waals surface area contributed by atoms with Crippen molar-refractivity contribution < 1.29 is 19.6 Å². The van der Waals surface area contributed by atoms with Crippen LogP contribution in [-0.2, 0) is 9.53 Å². The van der Waals surface area contributed by atoms with Crippen molar-refractivity contribution in [2.45, 2.75) is 31.3 Å². The van der Waals surface area contributed by atoms with Gasteiger partial charge < -0.3 is 14.7 Å². The van der Waals surface area contributed by atoms with E-state index in [2.05, 4.69) is 0 Å². The van der Waals surface area contributed by atoms with Crippen LogP contribution in [-0.4, -0.2) is 40.0 Å². The SMILES string of the molecule is C[C@H]1[C@H](c2ccccc2)O[C@H]([C@@H](O)c2ccc([N+](=O)[O-])cc2)C(=O)N1C. The van der Waals surface area contributed by atoms with Gasteiger partial charge in [0.25, 0.3) is 11.6 Å². The van der Waals surface area contributed by atoms with Gasteiger partial charge in [0.2, 0.25) is 0 Å². The average molecular weight is 356 g/mol. The predicted molar refractivity (Wildman–Crippen MR) is 94.3 cm³/mol. The number of rotatable bonds is 4. The fourth-order valence-corrected chi connectivity index (χ4v) is 3.11. The molecule has 0 aromatic heterocycles. The lowest BCUT2D eigenvalue weighted by Crippen LogP contribution is -2.53. The number of carbonyl (C=O) groups is 1. The molecule has 136 valence electrons. The number of non-ortho nitro benzene ring substituents is 1. The van der Waals surface area contributed by atoms with E-state index in [1.165, 1.54) is 24.3 Å². The van der Waals surface area contributed by atoms with Crippen LogP contribution in [0.3, 0.4) is 0 Å². The molecule has 0 aliphatic carbocycles. The Bertz CT molecular complexity index is 793. The highest BCUT2D eigenvalue weighted by Crippen LogP contribution is 2.35. The molecule has 1 aliphatic heterocycles. The highest BCUT2D eigenvalue weighted by molar-refractivity contribution is 5.82. The first-order chi connectivity index (χ1) is 12.4. The number of hydrogen-bond donors (Lipinski definition) is 1. The van der Waals surface area contributed by atoms with Crippen molar-refractivity contribution >= 4 is 11.6 Å². The minimum atomic E-state index is -1.22. The van der Waals surface area contributed by atoms with E-state index in [0.717, 1.165) is 5.56 Å². The van der Waals surface area contributed by atoms with E-state index >= 15 is 0 Å². The van der Waals surface area contributed by atoms with Crippen molar-refractivity contribution in [3.63, 3.8) is 0 Å². The summed E-state index contributed by atoms with van der Waals surface area (Å²) in [5, 5.41) is 21.4. The second-order valence-electron chi connectivity index (χ2n) is 6.37. The van der Waals surface area contributed by atoms with Crippen LogP contribution in [0.5, 0.6) is 0 Å². The Labute approximate surface area is 151 Å². The zero-order chi connectivity index (χ0) is 18.8. The highest BCUT2D eigenvalue weighted by atomic mass is 16.6. The number of nitro groups is 1. The second kappa shape index (κ2) is 7.23. The summed E-state index contributed by atoms with van der Waals surface area (Å²) in [6.45, 7) is 1.89. The molecule has 0 bridgehead atoms. The van der Waals surface area contributed by atoms with Gasteiger partial charge in [0.1, 0.15) is 12.2 Å². The Balaban J connectivity index is 1.87. The topological polar surface area (TPSA) is 92.9 Å². The number of aliphatic hydroxyl groups excluding tert-OH is 1. The van der Waals surface area contributed by atoms with Crippen LogP contribution in [0.2, 0.25) is 0 Å². The molecule has 1 fully saturated rings. The summed E-state index contributed by atoms with van der Waals surface area (Å²) >= 11 is 0. The molecule has 7 nitrogen and oxygen atoms in total. The van der Waals surface area contributed by atoms with Crippen molar-refractivity contribution in [1.29, 1.82) is 0 Å². The third-order valence-electron chi connectivity index (χ3n) is 4.79. The first kappa shape index (κ1) is 18.0. The van der Waals surface area contributed by atoms with Crippen LogP contribution in [0, 0.1) is 10.1 Å². The Morgan fingerprint density at radius 3 is 2.35 bits per heavy atom. The Morgan fingerprint density at radius 1 is 1.15 bits per heavy atom. The molecule has 1 amide bonds. The van der Waals surface area contributed by atoms with Gasteiger partial charge in [-0.05, 0) is 30.2 Å². The second-order valence-corrected chi connectivity index (χ2v) is 6.37. The fourth-order valence-electron chi connectivity index (χ4n) is 3.11. The number of carbonyl (C=O) groups excluding carboxylic acids is 1. The molecule has 2 aromatic carbocycles. The number of likely N-dealkylation sites (N-methyl/N-ethyl adjacent to an activating group) is 1. The zero-order valence-electron chi connectivity index (χ0n) is 14.5. The molecule has 0 radical (unpaired) electrons. The summed E-state index contributed by atoms with van der Waals surface area (Å²) < 4.78 is 5.99. The largest absolute Gasteiger partial charge is 0.385 e. The van der Waals surface area contributed by atoms with Crippen LogP contribution in [0.15, 0.2) is 54.6 Å². The van der Waals surface area contributed by atoms with E-state index in [1.807, 2.05) is 37.3 Å². The number of nitrogens with zero attached hydrogens (tertiary/aromatic N) is 2. The number of amides is 1. The standard InChI is InChI=1S/C19H20N2O5/c1-12-17(14-6-4-3-5-7-14)26-18(19(23)20(12)2)16(22)13-8-10-15(11-9-13)21(24)25/h3-12,16-18,22H,1-2H3/t12-,16-,17+,18+/m0/s1. The van der Waals surface area contributed by atoms with Crippen LogP contribution in [0.25, 0.3) is 0 Å². The minimum absolute atomic E-state index is 0.0789. The maximum absolute atomic E-state index is 12.6. The van der Waals surface area contributed by atoms with Gasteiger partial charge in [-0.2, -0.15) is 0 Å². The lowest BCUT2D eigenvalue weighted by atomic mass is 9.95. The fraction of sp³-hybridized carbons (Fsp3) is 0.316. The van der Waals surface area contributed by atoms with Gasteiger partial charge in [0.15, 0.2) is 6.10 Å². The van der Waals surface area contributed by atoms with Gasteiger partial charge in [0.05, 0.1) is 11.0 Å². The summed E-state index contributed by atoms with van der Waals surface area (Å²) in [5.41, 5.74) is 1.23. The molecule has 2 aromatic rings. The Hall–Kier alpha value is -2.77. The van der Waals surface area contributed by atoms with Crippen molar-refractivity contribution in [2.24, 2.45) is 0 Å². The Kier molecular flexibility index (Phi) is 5.01. The van der Waals surface area contributed by atoms with E-state index in [9.17, 15) is 20.0 Å². The van der Waals surface area contributed by atoms with E-state index in [1.54, 1.807) is 11.9 Å². The summed E-state index contributed by atoms with van der Waals surface area (Å²) in [7, 11) is 1.68. The maximum atomic E-state index is 12.6. The molecular weight excluding hydrogens is 336 g/mol. The summed E-state index contributed by atoms with van der Waals surface area (Å²) in [5.74, 6) is -0.324. The molecule has 26 heavy (non-hydrogen) atoms. The number of benzene rings is 2. The number of nitro benzene ring substituents is 1. The quantitative estimate of drug-likeness (QED) is 0.671. The maximum Gasteiger partial charge on any atom is 0.269 e. The smallest absolute Gasteiger partial charge is 0.269 e. The molecular formula is C19H20N2O5. The van der Waals surface area contributed by atoms with Crippen molar-refractivity contribution in [3.8, 4) is 0 Å². The monoisotopic (exact) mass is 356 g/mol. The van der Waals surface area contributed by atoms with E-state index in [4.69, 9.17) is 4.74 Å². The molecule has 1 aliphatic rings. The van der Waals surface area contributed by atoms with Crippen LogP contribution in [0.4, 0.5) is 5.69 Å². The Morgan fingerprint density at radius 2 is 1.77 bits per heavy atom. The summed E-state index contributed by atoms with van der Waals surface area (Å²) in [4.78, 5) is 24.5. The van der Waals surface area contributed by atoms with Crippen LogP contribution >= 0.6 is 0 Å². The van der Waals surface area contributed by atoms with Gasteiger partial charge in [-0.3, -0.25) is 14.9 Å². The molecule has 3 rings (SSSR count). The van der Waals surface area contributed by atoms with Crippen molar-refractivity contribution in [3.05, 3.63) is 75.8 Å². The highest BCUT2D eigenvalue weighted by Gasteiger charge is 2.43. The third kappa shape index (κ3) is 3.31. The van der Waals surface area contributed by atoms with E-state index < -0.39 is 17.1 Å². The van der Waals surface area contributed by atoms with E-state index in [-0.39, 0.29) is 23.7 Å². The summed E-state index contributed by atoms with van der Waals surface area (Å²) in [6.07, 6.45) is -2.68. The van der Waals surface area contributed by atoms with Gasteiger partial charge in [-0.25, -0.2) is 0 Å². The molecule has 0 saturated carbocycles. The molecule has 7 heteroatoms. The predicted octanol–water partition coefficient (Wildman–Crippen LogP) is 2.62. The van der Waals surface area contributed by atoms with Gasteiger partial charge in [0, 0.05) is 19.2 Å². The number of aliphatic hydroxyl groups is 1. The molecule has 1 N–H and O–H groups in total. The van der Waals surface area contributed by atoms with Gasteiger partial charge in [-0.1, -0.05) is 30.3 Å². The molecule has 1 saturated heterocycles. The molecule has 4 atom stereocenters. The normalized spacial score (nSPS) is 24.3. The number of ether oxygens (including phenoxy) is 1. The van der Waals surface area contributed by atoms with E-state index in [0.29, 0.717) is 5.56 Å². The molecule has 1 heterocycles. The van der Waals surface area contributed by atoms with Crippen molar-refractivity contribution in [1.82, 2.24) is 4.90 Å². The molecule has 0 spiro atoms. The number of hydrogen-bond acceptors (Lipinski definition) is 5. The first-order valence-electron chi connectivity index (χ1n) is 8.29. The minimum Gasteiger partial charge on any atom is -0.385 e.